The number of carboxylic acids is 1. The maximum Gasteiger partial charge on any atom is 0.353 e. The minimum absolute atomic E-state index is 0.0410. The minimum Gasteiger partial charge on any atom is -0.477 e. The summed E-state index contributed by atoms with van der Waals surface area (Å²) in [5.41, 5.74) is 3.94. The summed E-state index contributed by atoms with van der Waals surface area (Å²) in [6, 6.07) is 6.31. The number of H-pyrrole nitrogens is 2. The number of aromatic amines is 2. The van der Waals surface area contributed by atoms with Crippen molar-refractivity contribution in [2.24, 2.45) is 0 Å². The largest absolute Gasteiger partial charge is 0.477 e. The molecule has 0 atom stereocenters. The molecule has 4 aromatic rings. The van der Waals surface area contributed by atoms with E-state index >= 15 is 0 Å². The van der Waals surface area contributed by atoms with Gasteiger partial charge in [0.05, 0.1) is 11.4 Å². The summed E-state index contributed by atoms with van der Waals surface area (Å²) in [5.74, 6) is -1.69. The van der Waals surface area contributed by atoms with Gasteiger partial charge in [0.15, 0.2) is 10.3 Å². The molecule has 13 nitrogen and oxygen atoms in total. The van der Waals surface area contributed by atoms with Crippen molar-refractivity contribution in [1.82, 2.24) is 45.8 Å². The molecule has 0 aromatic carbocycles. The van der Waals surface area contributed by atoms with Crippen LogP contribution in [0.1, 0.15) is 21.0 Å². The van der Waals surface area contributed by atoms with E-state index in [1.807, 2.05) is 12.5 Å². The summed E-state index contributed by atoms with van der Waals surface area (Å²) < 4.78 is 0. The van der Waals surface area contributed by atoms with Gasteiger partial charge in [-0.3, -0.25) is 20.2 Å². The van der Waals surface area contributed by atoms with Gasteiger partial charge in [-0.1, -0.05) is 23.5 Å². The van der Waals surface area contributed by atoms with Gasteiger partial charge < -0.3 is 5.11 Å². The standard InChI is InChI=1S/C9H9N5O2S.C9H8N4O2S/c1-17-9-10-3-2-5(11-9)6-4-7(13-12-6)8(15)14-16;1-16-9-10-3-2-5(11-9)6-4-7(8(14)15)13-12-6/h2-4,16H,1H3,(H,12,13)(H,14,15);2-4H,1H3,(H,12,13)(H,14,15). The molecule has 33 heavy (non-hydrogen) atoms. The minimum atomic E-state index is -1.04. The summed E-state index contributed by atoms with van der Waals surface area (Å²) in [6.07, 6.45) is 6.97. The fraction of sp³-hybridized carbons (Fsp3) is 0.111. The van der Waals surface area contributed by atoms with Gasteiger partial charge >= 0.3 is 5.97 Å². The highest BCUT2D eigenvalue weighted by atomic mass is 32.2. The molecule has 0 bridgehead atoms. The lowest BCUT2D eigenvalue weighted by Crippen LogP contribution is -2.18. The van der Waals surface area contributed by atoms with E-state index in [2.05, 4.69) is 40.3 Å². The molecule has 4 aromatic heterocycles. The molecule has 0 saturated heterocycles. The second-order valence-electron chi connectivity index (χ2n) is 5.94. The fourth-order valence-electron chi connectivity index (χ4n) is 2.36. The van der Waals surface area contributed by atoms with Gasteiger partial charge in [0.25, 0.3) is 5.91 Å². The molecule has 4 heterocycles. The third-order valence-electron chi connectivity index (χ3n) is 3.89. The first-order valence-corrected chi connectivity index (χ1v) is 11.4. The molecule has 0 fully saturated rings. The number of carbonyl (C=O) groups is 2. The second kappa shape index (κ2) is 11.2. The second-order valence-corrected chi connectivity index (χ2v) is 7.48. The van der Waals surface area contributed by atoms with E-state index in [4.69, 9.17) is 10.3 Å². The monoisotopic (exact) mass is 487 g/mol. The smallest absolute Gasteiger partial charge is 0.353 e. The van der Waals surface area contributed by atoms with Crippen molar-refractivity contribution in [1.29, 1.82) is 0 Å². The van der Waals surface area contributed by atoms with Crippen LogP contribution in [0.15, 0.2) is 47.0 Å². The van der Waals surface area contributed by atoms with Gasteiger partial charge in [-0.15, -0.1) is 0 Å². The van der Waals surface area contributed by atoms with Crippen LogP contribution in [0.25, 0.3) is 22.8 Å². The Labute approximate surface area is 194 Å². The lowest BCUT2D eigenvalue weighted by molar-refractivity contribution is 0.0687. The average Bonchev–Trinajstić information content (AvgIpc) is 3.55. The Bertz CT molecular complexity index is 1260. The van der Waals surface area contributed by atoms with Crippen LogP contribution in [0.5, 0.6) is 0 Å². The predicted molar refractivity (Wildman–Crippen MR) is 119 cm³/mol. The summed E-state index contributed by atoms with van der Waals surface area (Å²) in [4.78, 5) is 38.3. The zero-order valence-corrected chi connectivity index (χ0v) is 18.8. The van der Waals surface area contributed by atoms with E-state index in [-0.39, 0.29) is 11.4 Å². The Balaban J connectivity index is 0.000000186. The predicted octanol–water partition coefficient (Wildman–Crippen LogP) is 1.99. The SMILES string of the molecule is CSc1nccc(-c2cc(C(=O)NO)[nH]n2)n1.CSc1nccc(-c2cc(C(=O)O)[nH]n2)n1. The summed E-state index contributed by atoms with van der Waals surface area (Å²) in [6.45, 7) is 0. The Kier molecular flexibility index (Phi) is 8.06. The van der Waals surface area contributed by atoms with E-state index in [0.29, 0.717) is 33.1 Å². The van der Waals surface area contributed by atoms with Crippen LogP contribution in [0.3, 0.4) is 0 Å². The van der Waals surface area contributed by atoms with E-state index in [1.54, 1.807) is 24.5 Å². The Hall–Kier alpha value is -3.82. The quantitative estimate of drug-likeness (QED) is 0.115. The Morgan fingerprint density at radius 2 is 1.33 bits per heavy atom. The van der Waals surface area contributed by atoms with Crippen LogP contribution in [0.2, 0.25) is 0 Å². The molecule has 0 unspecified atom stereocenters. The topological polar surface area (TPSA) is 196 Å². The number of hydrogen-bond donors (Lipinski definition) is 5. The molecule has 0 spiro atoms. The van der Waals surface area contributed by atoms with Gasteiger partial charge in [0.1, 0.15) is 22.8 Å². The van der Waals surface area contributed by atoms with Crippen molar-refractivity contribution in [2.45, 2.75) is 10.3 Å². The number of carboxylic acid groups (broad SMARTS) is 1. The van der Waals surface area contributed by atoms with Gasteiger partial charge in [0.2, 0.25) is 0 Å². The molecule has 0 saturated carbocycles. The number of rotatable bonds is 6. The highest BCUT2D eigenvalue weighted by Gasteiger charge is 2.12. The van der Waals surface area contributed by atoms with Crippen molar-refractivity contribution >= 4 is 35.4 Å². The third-order valence-corrected chi connectivity index (χ3v) is 5.01. The molecular weight excluding hydrogens is 470 g/mol. The summed E-state index contributed by atoms with van der Waals surface area (Å²) >= 11 is 2.83. The Morgan fingerprint density at radius 1 is 0.848 bits per heavy atom. The van der Waals surface area contributed by atoms with Crippen molar-refractivity contribution in [3.05, 3.63) is 48.0 Å². The fourth-order valence-corrected chi connectivity index (χ4v) is 3.07. The molecular formula is C18H17N9O4S2. The molecule has 0 aliphatic heterocycles. The Morgan fingerprint density at radius 3 is 1.76 bits per heavy atom. The van der Waals surface area contributed by atoms with Crippen LogP contribution in [-0.2, 0) is 0 Å². The first-order chi connectivity index (χ1) is 15.9. The molecule has 15 heteroatoms. The number of hydrogen-bond acceptors (Lipinski definition) is 11. The first-order valence-electron chi connectivity index (χ1n) is 8.98. The molecule has 0 aliphatic rings. The highest BCUT2D eigenvalue weighted by Crippen LogP contribution is 2.18. The van der Waals surface area contributed by atoms with Crippen molar-refractivity contribution in [3.8, 4) is 22.8 Å². The summed E-state index contributed by atoms with van der Waals surface area (Å²) in [7, 11) is 0. The van der Waals surface area contributed by atoms with Crippen LogP contribution in [0.4, 0.5) is 0 Å². The van der Waals surface area contributed by atoms with E-state index < -0.39 is 11.9 Å². The van der Waals surface area contributed by atoms with Crippen molar-refractivity contribution < 1.29 is 19.9 Å². The van der Waals surface area contributed by atoms with Gasteiger partial charge in [-0.25, -0.2) is 30.2 Å². The number of hydroxylamine groups is 1. The summed E-state index contributed by atoms with van der Waals surface area (Å²) in [5, 5.41) is 31.2. The van der Waals surface area contributed by atoms with Crippen molar-refractivity contribution in [2.75, 3.05) is 12.5 Å². The number of thioether (sulfide) groups is 2. The molecule has 5 N–H and O–H groups in total. The zero-order chi connectivity index (χ0) is 23.8. The van der Waals surface area contributed by atoms with Crippen molar-refractivity contribution in [3.63, 3.8) is 0 Å². The highest BCUT2D eigenvalue weighted by molar-refractivity contribution is 7.98. The number of aromatic carboxylic acids is 1. The lowest BCUT2D eigenvalue weighted by Gasteiger charge is -1.97. The number of nitrogens with one attached hydrogen (secondary N) is 3. The molecule has 0 aliphatic carbocycles. The van der Waals surface area contributed by atoms with E-state index in [9.17, 15) is 9.59 Å². The maximum absolute atomic E-state index is 11.1. The molecule has 4 rings (SSSR count). The number of amides is 1. The van der Waals surface area contributed by atoms with Crippen LogP contribution in [-0.4, -0.2) is 75.0 Å². The average molecular weight is 488 g/mol. The third kappa shape index (κ3) is 6.12. The first kappa shape index (κ1) is 23.8. The van der Waals surface area contributed by atoms with Crippen LogP contribution < -0.4 is 5.48 Å². The van der Waals surface area contributed by atoms with Gasteiger partial charge in [0, 0.05) is 18.5 Å². The molecule has 0 radical (unpaired) electrons. The molecule has 1 amide bonds. The van der Waals surface area contributed by atoms with Gasteiger partial charge in [-0.05, 0) is 30.7 Å². The van der Waals surface area contributed by atoms with Gasteiger partial charge in [-0.2, -0.15) is 10.2 Å². The van der Waals surface area contributed by atoms with Crippen LogP contribution in [0, 0.1) is 0 Å². The molecule has 170 valence electrons. The zero-order valence-electron chi connectivity index (χ0n) is 17.2. The maximum atomic E-state index is 11.1. The van der Waals surface area contributed by atoms with Crippen LogP contribution >= 0.6 is 23.5 Å². The normalized spacial score (nSPS) is 10.3. The number of nitrogens with zero attached hydrogens (tertiary/aromatic N) is 6. The van der Waals surface area contributed by atoms with E-state index in [0.717, 1.165) is 0 Å². The lowest BCUT2D eigenvalue weighted by atomic mass is 10.3. The number of carbonyl (C=O) groups excluding carboxylic acids is 1. The number of aromatic nitrogens is 8. The van der Waals surface area contributed by atoms with E-state index in [1.165, 1.54) is 41.1 Å².